The van der Waals surface area contributed by atoms with Crippen LogP contribution in [0.25, 0.3) is 10.2 Å². The van der Waals surface area contributed by atoms with Gasteiger partial charge in [-0.25, -0.2) is 0 Å². The van der Waals surface area contributed by atoms with Gasteiger partial charge in [-0.2, -0.15) is 5.10 Å². The van der Waals surface area contributed by atoms with Gasteiger partial charge in [-0.05, 0) is 39.0 Å². The van der Waals surface area contributed by atoms with E-state index in [1.807, 2.05) is 11.4 Å². The van der Waals surface area contributed by atoms with E-state index in [4.69, 9.17) is 5.73 Å². The van der Waals surface area contributed by atoms with Crippen molar-refractivity contribution in [3.05, 3.63) is 37.9 Å². The third-order valence-electron chi connectivity index (χ3n) is 3.00. The van der Waals surface area contributed by atoms with Crippen LogP contribution in [0.3, 0.4) is 0 Å². The highest BCUT2D eigenvalue weighted by Crippen LogP contribution is 2.32. The van der Waals surface area contributed by atoms with Gasteiger partial charge < -0.3 is 10.6 Å². The van der Waals surface area contributed by atoms with Gasteiger partial charge in [0.1, 0.15) is 9.71 Å². The molecule has 3 aromatic heterocycles. The number of thiophene rings is 2. The molecule has 0 aliphatic heterocycles. The predicted octanol–water partition coefficient (Wildman–Crippen LogP) is 3.37. The summed E-state index contributed by atoms with van der Waals surface area (Å²) in [5.74, 6) is -0.0992. The summed E-state index contributed by atoms with van der Waals surface area (Å²) >= 11 is 6.30. The number of fused-ring (bicyclic) bond motifs is 1. The standard InChI is InChI=1S/C13H11BrN4OS2/c1-18(5-7-4-9(14)20-6-7)13(19)11-10(15)8-2-3-16-17-12(8)21-11/h2-4,6H,5,15H2,1H3. The van der Waals surface area contributed by atoms with Gasteiger partial charge in [-0.1, -0.05) is 0 Å². The minimum atomic E-state index is -0.0992. The van der Waals surface area contributed by atoms with Crippen molar-refractivity contribution in [2.45, 2.75) is 6.54 Å². The molecule has 0 saturated heterocycles. The number of nitrogens with two attached hydrogens (primary N) is 1. The molecule has 0 spiro atoms. The van der Waals surface area contributed by atoms with Crippen LogP contribution in [0, 0.1) is 0 Å². The molecule has 2 N–H and O–H groups in total. The molecule has 0 aromatic carbocycles. The molecule has 21 heavy (non-hydrogen) atoms. The third-order valence-corrected chi connectivity index (χ3v) is 5.65. The van der Waals surface area contributed by atoms with Crippen molar-refractivity contribution in [2.24, 2.45) is 0 Å². The second-order valence-electron chi connectivity index (χ2n) is 4.52. The number of hydrogen-bond donors (Lipinski definition) is 1. The fourth-order valence-corrected chi connectivity index (χ4v) is 4.21. The van der Waals surface area contributed by atoms with Gasteiger partial charge in [0.2, 0.25) is 0 Å². The maximum atomic E-state index is 12.5. The lowest BCUT2D eigenvalue weighted by molar-refractivity contribution is 0.0791. The molecule has 0 unspecified atom stereocenters. The molecular formula is C13H11BrN4OS2. The Morgan fingerprint density at radius 2 is 2.33 bits per heavy atom. The zero-order valence-corrected chi connectivity index (χ0v) is 14.3. The van der Waals surface area contributed by atoms with E-state index in [1.165, 1.54) is 11.3 Å². The second-order valence-corrected chi connectivity index (χ2v) is 7.80. The smallest absolute Gasteiger partial charge is 0.266 e. The van der Waals surface area contributed by atoms with Gasteiger partial charge >= 0.3 is 0 Å². The van der Waals surface area contributed by atoms with E-state index in [1.54, 1.807) is 35.5 Å². The fourth-order valence-electron chi connectivity index (χ4n) is 1.98. The Morgan fingerprint density at radius 3 is 3.00 bits per heavy atom. The minimum Gasteiger partial charge on any atom is -0.397 e. The summed E-state index contributed by atoms with van der Waals surface area (Å²) in [5.41, 5.74) is 7.63. The summed E-state index contributed by atoms with van der Waals surface area (Å²) in [6.45, 7) is 0.542. The van der Waals surface area contributed by atoms with Gasteiger partial charge in [0.25, 0.3) is 5.91 Å². The number of carbonyl (C=O) groups is 1. The highest BCUT2D eigenvalue weighted by molar-refractivity contribution is 9.11. The molecule has 0 radical (unpaired) electrons. The summed E-state index contributed by atoms with van der Waals surface area (Å²) in [5, 5.41) is 10.6. The zero-order valence-electron chi connectivity index (χ0n) is 11.0. The second kappa shape index (κ2) is 5.70. The van der Waals surface area contributed by atoms with Crippen molar-refractivity contribution in [2.75, 3.05) is 12.8 Å². The Morgan fingerprint density at radius 1 is 1.52 bits per heavy atom. The van der Waals surface area contributed by atoms with Gasteiger partial charge in [0.05, 0.1) is 15.7 Å². The summed E-state index contributed by atoms with van der Waals surface area (Å²) in [6, 6.07) is 3.79. The molecule has 3 rings (SSSR count). The number of hydrogen-bond acceptors (Lipinski definition) is 6. The molecule has 5 nitrogen and oxygen atoms in total. The number of nitrogen functional groups attached to an aromatic ring is 1. The van der Waals surface area contributed by atoms with Crippen LogP contribution < -0.4 is 5.73 Å². The summed E-state index contributed by atoms with van der Waals surface area (Å²) in [4.78, 5) is 15.4. The first-order valence-corrected chi connectivity index (χ1v) is 8.53. The monoisotopic (exact) mass is 382 g/mol. The van der Waals surface area contributed by atoms with E-state index >= 15 is 0 Å². The number of carbonyl (C=O) groups excluding carboxylic acids is 1. The topological polar surface area (TPSA) is 72.1 Å². The maximum Gasteiger partial charge on any atom is 0.266 e. The van der Waals surface area contributed by atoms with Gasteiger partial charge in [0, 0.05) is 19.0 Å². The van der Waals surface area contributed by atoms with E-state index in [9.17, 15) is 4.79 Å². The number of anilines is 1. The molecule has 0 aliphatic rings. The first-order chi connectivity index (χ1) is 10.1. The van der Waals surface area contributed by atoms with E-state index in [-0.39, 0.29) is 5.91 Å². The Balaban J connectivity index is 1.87. The van der Waals surface area contributed by atoms with E-state index in [2.05, 4.69) is 26.1 Å². The van der Waals surface area contributed by atoms with Crippen molar-refractivity contribution in [3.63, 3.8) is 0 Å². The molecule has 0 fully saturated rings. The quantitative estimate of drug-likeness (QED) is 0.753. The Hall–Kier alpha value is -1.51. The molecule has 0 bridgehead atoms. The van der Waals surface area contributed by atoms with Gasteiger partial charge in [0.15, 0.2) is 0 Å². The highest BCUT2D eigenvalue weighted by Gasteiger charge is 2.20. The molecule has 0 saturated carbocycles. The Kier molecular flexibility index (Phi) is 3.92. The number of halogens is 1. The van der Waals surface area contributed by atoms with Crippen LogP contribution in [0.5, 0.6) is 0 Å². The lowest BCUT2D eigenvalue weighted by Crippen LogP contribution is -2.25. The molecule has 0 atom stereocenters. The molecule has 8 heteroatoms. The van der Waals surface area contributed by atoms with Crippen LogP contribution in [-0.2, 0) is 6.54 Å². The molecular weight excluding hydrogens is 372 g/mol. The molecule has 1 amide bonds. The third kappa shape index (κ3) is 2.78. The van der Waals surface area contributed by atoms with Crippen LogP contribution >= 0.6 is 38.6 Å². The largest absolute Gasteiger partial charge is 0.397 e. The summed E-state index contributed by atoms with van der Waals surface area (Å²) < 4.78 is 1.05. The number of rotatable bonds is 3. The van der Waals surface area contributed by atoms with Crippen LogP contribution in [0.4, 0.5) is 5.69 Å². The molecule has 108 valence electrons. The van der Waals surface area contributed by atoms with E-state index in [0.717, 1.165) is 14.7 Å². The Labute approximate surface area is 137 Å². The highest BCUT2D eigenvalue weighted by atomic mass is 79.9. The lowest BCUT2D eigenvalue weighted by Gasteiger charge is -2.15. The van der Waals surface area contributed by atoms with Crippen LogP contribution in [-0.4, -0.2) is 28.1 Å². The van der Waals surface area contributed by atoms with Crippen molar-refractivity contribution in [1.82, 2.24) is 15.1 Å². The van der Waals surface area contributed by atoms with E-state index in [0.29, 0.717) is 21.9 Å². The Bertz CT molecular complexity index is 813. The van der Waals surface area contributed by atoms with Crippen molar-refractivity contribution < 1.29 is 4.79 Å². The van der Waals surface area contributed by atoms with E-state index < -0.39 is 0 Å². The average molecular weight is 383 g/mol. The average Bonchev–Trinajstić information content (AvgIpc) is 3.03. The van der Waals surface area contributed by atoms with Crippen LogP contribution in [0.15, 0.2) is 27.5 Å². The lowest BCUT2D eigenvalue weighted by atomic mass is 10.2. The fraction of sp³-hybridized carbons (Fsp3) is 0.154. The van der Waals surface area contributed by atoms with Crippen molar-refractivity contribution in [3.8, 4) is 0 Å². The first-order valence-electron chi connectivity index (χ1n) is 6.04. The molecule has 0 aliphatic carbocycles. The molecule has 3 heterocycles. The normalized spacial score (nSPS) is 11.0. The number of amides is 1. The predicted molar refractivity (Wildman–Crippen MR) is 89.6 cm³/mol. The van der Waals surface area contributed by atoms with Crippen LogP contribution in [0.1, 0.15) is 15.2 Å². The first kappa shape index (κ1) is 14.4. The van der Waals surface area contributed by atoms with Crippen molar-refractivity contribution in [1.29, 1.82) is 0 Å². The van der Waals surface area contributed by atoms with Gasteiger partial charge in [-0.3, -0.25) is 4.79 Å². The van der Waals surface area contributed by atoms with Crippen molar-refractivity contribution >= 4 is 60.4 Å². The van der Waals surface area contributed by atoms with Gasteiger partial charge in [-0.15, -0.1) is 27.8 Å². The minimum absolute atomic E-state index is 0.0992. The summed E-state index contributed by atoms with van der Waals surface area (Å²) in [6.07, 6.45) is 1.58. The summed E-state index contributed by atoms with van der Waals surface area (Å²) in [7, 11) is 1.77. The SMILES string of the molecule is CN(Cc1csc(Br)c1)C(=O)c1sc2nnccc2c1N. The van der Waals surface area contributed by atoms with Crippen LogP contribution in [0.2, 0.25) is 0 Å². The molecule has 3 aromatic rings. The zero-order chi connectivity index (χ0) is 15.0. The number of aromatic nitrogens is 2. The number of nitrogens with zero attached hydrogens (tertiary/aromatic N) is 3. The maximum absolute atomic E-state index is 12.5.